The first-order valence-electron chi connectivity index (χ1n) is 6.27. The summed E-state index contributed by atoms with van der Waals surface area (Å²) in [6.45, 7) is 0. The lowest BCUT2D eigenvalue weighted by Gasteiger charge is -2.07. The van der Waals surface area contributed by atoms with Crippen LogP contribution in [0.4, 0.5) is 5.82 Å². The maximum Gasteiger partial charge on any atom is 0.162 e. The van der Waals surface area contributed by atoms with Gasteiger partial charge in [0.1, 0.15) is 0 Å². The van der Waals surface area contributed by atoms with E-state index in [1.807, 2.05) is 60.7 Å². The minimum Gasteiger partial charge on any atom is -0.290 e. The van der Waals surface area contributed by atoms with Crippen molar-refractivity contribution in [3.63, 3.8) is 0 Å². The molecule has 0 aliphatic heterocycles. The first-order chi connectivity index (χ1) is 9.86. The van der Waals surface area contributed by atoms with Crippen LogP contribution in [0.5, 0.6) is 0 Å². The van der Waals surface area contributed by atoms with Crippen LogP contribution in [0, 0.1) is 0 Å². The first kappa shape index (κ1) is 12.3. The molecule has 3 rings (SSSR count). The zero-order valence-corrected chi connectivity index (χ0v) is 10.7. The third kappa shape index (κ3) is 2.50. The highest BCUT2D eigenvalue weighted by molar-refractivity contribution is 5.67. The second-order valence-electron chi connectivity index (χ2n) is 4.31. The van der Waals surface area contributed by atoms with Crippen LogP contribution < -0.4 is 5.48 Å². The lowest BCUT2D eigenvalue weighted by Crippen LogP contribution is -1.99. The van der Waals surface area contributed by atoms with Crippen LogP contribution >= 0.6 is 0 Å². The summed E-state index contributed by atoms with van der Waals surface area (Å²) in [6.07, 6.45) is 0. The average Bonchev–Trinajstić information content (AvgIpc) is 2.56. The van der Waals surface area contributed by atoms with E-state index in [1.165, 1.54) is 0 Å². The lowest BCUT2D eigenvalue weighted by atomic mass is 10.1. The molecule has 1 heterocycles. The van der Waals surface area contributed by atoms with Gasteiger partial charge in [-0.1, -0.05) is 60.7 Å². The third-order valence-corrected chi connectivity index (χ3v) is 2.94. The quantitative estimate of drug-likeness (QED) is 0.709. The topological polar surface area (TPSA) is 58.0 Å². The Labute approximate surface area is 116 Å². The molecule has 0 atom stereocenters. The van der Waals surface area contributed by atoms with Gasteiger partial charge in [0.25, 0.3) is 0 Å². The number of hydrogen-bond acceptors (Lipinski definition) is 4. The van der Waals surface area contributed by atoms with Crippen LogP contribution in [0.15, 0.2) is 66.7 Å². The minimum atomic E-state index is 0.373. The number of anilines is 1. The Morgan fingerprint density at radius 3 is 1.95 bits per heavy atom. The second kappa shape index (κ2) is 5.50. The highest BCUT2D eigenvalue weighted by Crippen LogP contribution is 2.23. The molecular weight excluding hydrogens is 250 g/mol. The standard InChI is InChI=1S/C16H13N3O/c20-19-15-11-14(12-7-3-1-4-8-12)17-16(18-15)13-9-5-2-6-10-13/h1-11,20H,(H,17,18,19). The highest BCUT2D eigenvalue weighted by Gasteiger charge is 2.07. The van der Waals surface area contributed by atoms with E-state index in [9.17, 15) is 0 Å². The molecule has 4 nitrogen and oxygen atoms in total. The van der Waals surface area contributed by atoms with Crippen LogP contribution in [0.25, 0.3) is 22.6 Å². The summed E-state index contributed by atoms with van der Waals surface area (Å²) in [7, 11) is 0. The number of nitrogens with zero attached hydrogens (tertiary/aromatic N) is 2. The smallest absolute Gasteiger partial charge is 0.162 e. The maximum absolute atomic E-state index is 9.14. The van der Waals surface area contributed by atoms with Gasteiger partial charge in [0.05, 0.1) is 5.69 Å². The van der Waals surface area contributed by atoms with Gasteiger partial charge in [-0.3, -0.25) is 10.7 Å². The maximum atomic E-state index is 9.14. The SMILES string of the molecule is ONc1cc(-c2ccccc2)nc(-c2ccccc2)n1. The molecule has 0 unspecified atom stereocenters. The van der Waals surface area contributed by atoms with E-state index >= 15 is 0 Å². The van der Waals surface area contributed by atoms with Gasteiger partial charge in [0.2, 0.25) is 0 Å². The van der Waals surface area contributed by atoms with Crippen LogP contribution in [0.2, 0.25) is 0 Å². The van der Waals surface area contributed by atoms with E-state index in [-0.39, 0.29) is 0 Å². The fraction of sp³-hybridized carbons (Fsp3) is 0. The summed E-state index contributed by atoms with van der Waals surface area (Å²) in [6, 6.07) is 21.2. The summed E-state index contributed by atoms with van der Waals surface area (Å²) in [4.78, 5) is 8.84. The molecule has 2 N–H and O–H groups in total. The fourth-order valence-electron chi connectivity index (χ4n) is 1.98. The van der Waals surface area contributed by atoms with Gasteiger partial charge in [0, 0.05) is 17.2 Å². The van der Waals surface area contributed by atoms with E-state index in [4.69, 9.17) is 5.21 Å². The van der Waals surface area contributed by atoms with Gasteiger partial charge in [-0.15, -0.1) is 0 Å². The van der Waals surface area contributed by atoms with Crippen molar-refractivity contribution in [2.75, 3.05) is 5.48 Å². The molecule has 0 bridgehead atoms. The van der Waals surface area contributed by atoms with Crippen molar-refractivity contribution in [3.8, 4) is 22.6 Å². The molecule has 98 valence electrons. The molecule has 4 heteroatoms. The number of nitrogens with one attached hydrogen (secondary N) is 1. The van der Waals surface area contributed by atoms with Crippen molar-refractivity contribution in [2.45, 2.75) is 0 Å². The molecule has 0 spiro atoms. The Bertz CT molecular complexity index is 642. The predicted molar refractivity (Wildman–Crippen MR) is 78.3 cm³/mol. The Morgan fingerprint density at radius 1 is 0.750 bits per heavy atom. The highest BCUT2D eigenvalue weighted by atomic mass is 16.5. The molecule has 1 aromatic heterocycles. The van der Waals surface area contributed by atoms with Crippen molar-refractivity contribution in [3.05, 3.63) is 66.7 Å². The molecule has 0 saturated heterocycles. The number of benzene rings is 2. The Kier molecular flexibility index (Phi) is 3.39. The van der Waals surface area contributed by atoms with Gasteiger partial charge in [-0.05, 0) is 0 Å². The van der Waals surface area contributed by atoms with Crippen LogP contribution in [0.3, 0.4) is 0 Å². The van der Waals surface area contributed by atoms with Crippen molar-refractivity contribution >= 4 is 5.82 Å². The average molecular weight is 263 g/mol. The molecule has 0 fully saturated rings. The Morgan fingerprint density at radius 2 is 1.35 bits per heavy atom. The zero-order chi connectivity index (χ0) is 13.8. The van der Waals surface area contributed by atoms with Gasteiger partial charge >= 0.3 is 0 Å². The number of hydrogen-bond donors (Lipinski definition) is 2. The van der Waals surface area contributed by atoms with Crippen LogP contribution in [0.1, 0.15) is 0 Å². The van der Waals surface area contributed by atoms with E-state index in [1.54, 1.807) is 6.07 Å². The fourth-order valence-corrected chi connectivity index (χ4v) is 1.98. The lowest BCUT2D eigenvalue weighted by molar-refractivity contribution is 0.386. The molecule has 0 aliphatic rings. The summed E-state index contributed by atoms with van der Waals surface area (Å²) < 4.78 is 0. The van der Waals surface area contributed by atoms with Crippen molar-refractivity contribution < 1.29 is 5.21 Å². The predicted octanol–water partition coefficient (Wildman–Crippen LogP) is 3.61. The van der Waals surface area contributed by atoms with Crippen molar-refractivity contribution in [1.82, 2.24) is 9.97 Å². The van der Waals surface area contributed by atoms with Gasteiger partial charge < -0.3 is 0 Å². The van der Waals surface area contributed by atoms with Gasteiger partial charge in [-0.2, -0.15) is 0 Å². The molecule has 3 aromatic rings. The van der Waals surface area contributed by atoms with Crippen LogP contribution in [-0.4, -0.2) is 15.2 Å². The van der Waals surface area contributed by atoms with Crippen LogP contribution in [-0.2, 0) is 0 Å². The van der Waals surface area contributed by atoms with E-state index in [0.717, 1.165) is 16.8 Å². The number of aromatic nitrogens is 2. The molecule has 2 aromatic carbocycles. The summed E-state index contributed by atoms with van der Waals surface area (Å²) in [5.74, 6) is 0.946. The van der Waals surface area contributed by atoms with E-state index in [2.05, 4.69) is 15.4 Å². The molecular formula is C16H13N3O. The van der Waals surface area contributed by atoms with Crippen molar-refractivity contribution in [1.29, 1.82) is 0 Å². The molecule has 0 amide bonds. The molecule has 0 saturated carbocycles. The minimum absolute atomic E-state index is 0.373. The molecule has 0 aliphatic carbocycles. The van der Waals surface area contributed by atoms with Gasteiger partial charge in [-0.25, -0.2) is 9.97 Å². The zero-order valence-electron chi connectivity index (χ0n) is 10.7. The molecule has 0 radical (unpaired) electrons. The summed E-state index contributed by atoms with van der Waals surface area (Å²) in [5.41, 5.74) is 4.74. The number of rotatable bonds is 3. The Balaban J connectivity index is 2.13. The Hall–Kier alpha value is -2.72. The van der Waals surface area contributed by atoms with Crippen molar-refractivity contribution in [2.24, 2.45) is 0 Å². The van der Waals surface area contributed by atoms with E-state index in [0.29, 0.717) is 11.6 Å². The molecule has 20 heavy (non-hydrogen) atoms. The van der Waals surface area contributed by atoms with Gasteiger partial charge in [0.15, 0.2) is 11.6 Å². The van der Waals surface area contributed by atoms with E-state index < -0.39 is 0 Å². The first-order valence-corrected chi connectivity index (χ1v) is 6.27. The third-order valence-electron chi connectivity index (χ3n) is 2.94. The largest absolute Gasteiger partial charge is 0.290 e. The normalized spacial score (nSPS) is 10.2. The monoisotopic (exact) mass is 263 g/mol. The summed E-state index contributed by atoms with van der Waals surface area (Å²) in [5, 5.41) is 9.14. The second-order valence-corrected chi connectivity index (χ2v) is 4.31. The summed E-state index contributed by atoms with van der Waals surface area (Å²) >= 11 is 0.